The molecule has 1 saturated heterocycles. The lowest BCUT2D eigenvalue weighted by Crippen LogP contribution is -2.60. The quantitative estimate of drug-likeness (QED) is 0.904. The van der Waals surface area contributed by atoms with Crippen LogP contribution in [0, 0.1) is 0 Å². The van der Waals surface area contributed by atoms with Crippen LogP contribution in [0.3, 0.4) is 0 Å². The summed E-state index contributed by atoms with van der Waals surface area (Å²) >= 11 is 0. The molecule has 27 heavy (non-hydrogen) atoms. The van der Waals surface area contributed by atoms with Crippen molar-refractivity contribution < 1.29 is 9.90 Å². The highest BCUT2D eigenvalue weighted by Gasteiger charge is 2.49. The second-order valence-corrected chi connectivity index (χ2v) is 8.09. The number of pyridine rings is 1. The molecule has 0 bridgehead atoms. The largest absolute Gasteiger partial charge is 0.383 e. The van der Waals surface area contributed by atoms with Crippen molar-refractivity contribution >= 4 is 5.91 Å². The average Bonchev–Trinajstić information content (AvgIpc) is 3.10. The summed E-state index contributed by atoms with van der Waals surface area (Å²) in [6, 6.07) is 14.0. The van der Waals surface area contributed by atoms with E-state index in [-0.39, 0.29) is 5.91 Å². The molecule has 2 aromatic rings. The summed E-state index contributed by atoms with van der Waals surface area (Å²) in [6.45, 7) is 1.11. The van der Waals surface area contributed by atoms with Crippen molar-refractivity contribution in [2.75, 3.05) is 27.2 Å². The SMILES string of the molecule is CN(C)C1(C(=O)N2CCC(O)(c3ccccn3)CC2)Cc2ccccc2C1. The van der Waals surface area contributed by atoms with Gasteiger partial charge in [-0.15, -0.1) is 0 Å². The van der Waals surface area contributed by atoms with Crippen LogP contribution in [0.25, 0.3) is 0 Å². The molecule has 0 unspecified atom stereocenters. The van der Waals surface area contributed by atoms with Crippen LogP contribution in [0.1, 0.15) is 29.7 Å². The minimum absolute atomic E-state index is 0.173. The Balaban J connectivity index is 1.52. The number of nitrogens with zero attached hydrogens (tertiary/aromatic N) is 3. The molecule has 5 nitrogen and oxygen atoms in total. The summed E-state index contributed by atoms with van der Waals surface area (Å²) in [5, 5.41) is 11.0. The lowest BCUT2D eigenvalue weighted by atomic mass is 9.85. The summed E-state index contributed by atoms with van der Waals surface area (Å²) in [4.78, 5) is 21.9. The van der Waals surface area contributed by atoms with Gasteiger partial charge in [-0.25, -0.2) is 0 Å². The number of hydrogen-bond acceptors (Lipinski definition) is 4. The van der Waals surface area contributed by atoms with Crippen molar-refractivity contribution in [1.82, 2.24) is 14.8 Å². The third-order valence-electron chi connectivity index (χ3n) is 6.36. The molecule has 2 aliphatic rings. The molecule has 142 valence electrons. The molecule has 0 saturated carbocycles. The van der Waals surface area contributed by atoms with E-state index in [2.05, 4.69) is 22.0 Å². The second kappa shape index (κ2) is 6.73. The predicted octanol–water partition coefficient (Wildman–Crippen LogP) is 1.99. The Morgan fingerprint density at radius 2 is 1.63 bits per heavy atom. The first-order valence-electron chi connectivity index (χ1n) is 9.62. The number of carbonyl (C=O) groups is 1. The number of carbonyl (C=O) groups excluding carboxylic acids is 1. The monoisotopic (exact) mass is 365 g/mol. The first-order valence-corrected chi connectivity index (χ1v) is 9.62. The summed E-state index contributed by atoms with van der Waals surface area (Å²) in [5.74, 6) is 0.173. The number of benzene rings is 1. The maximum Gasteiger partial charge on any atom is 0.243 e. The van der Waals surface area contributed by atoms with E-state index >= 15 is 0 Å². The van der Waals surface area contributed by atoms with Crippen molar-refractivity contribution in [3.8, 4) is 0 Å². The maximum absolute atomic E-state index is 13.6. The number of aliphatic hydroxyl groups is 1. The smallest absolute Gasteiger partial charge is 0.243 e. The van der Waals surface area contributed by atoms with Crippen LogP contribution in [-0.4, -0.2) is 58.5 Å². The van der Waals surface area contributed by atoms with E-state index in [0.717, 1.165) is 12.8 Å². The Morgan fingerprint density at radius 3 is 2.15 bits per heavy atom. The number of likely N-dealkylation sites (N-methyl/N-ethyl adjacent to an activating group) is 1. The summed E-state index contributed by atoms with van der Waals surface area (Å²) in [7, 11) is 4.00. The van der Waals surface area contributed by atoms with Crippen LogP contribution in [0.4, 0.5) is 0 Å². The molecule has 1 amide bonds. The number of amides is 1. The Bertz CT molecular complexity index is 801. The third-order valence-corrected chi connectivity index (χ3v) is 6.36. The molecule has 0 spiro atoms. The number of aromatic nitrogens is 1. The van der Waals surface area contributed by atoms with Crippen LogP contribution in [0.15, 0.2) is 48.7 Å². The molecule has 1 fully saturated rings. The van der Waals surface area contributed by atoms with Gasteiger partial charge in [-0.05, 0) is 50.2 Å². The average molecular weight is 365 g/mol. The fourth-order valence-corrected chi connectivity index (χ4v) is 4.52. The molecule has 0 atom stereocenters. The van der Waals surface area contributed by atoms with E-state index in [4.69, 9.17) is 0 Å². The van der Waals surface area contributed by atoms with Crippen molar-refractivity contribution in [2.45, 2.75) is 36.8 Å². The van der Waals surface area contributed by atoms with Crippen molar-refractivity contribution in [2.24, 2.45) is 0 Å². The van der Waals surface area contributed by atoms with Crippen molar-refractivity contribution in [3.63, 3.8) is 0 Å². The van der Waals surface area contributed by atoms with Crippen molar-refractivity contribution in [1.29, 1.82) is 0 Å². The number of likely N-dealkylation sites (tertiary alicyclic amines) is 1. The predicted molar refractivity (Wildman–Crippen MR) is 104 cm³/mol. The minimum atomic E-state index is -0.943. The first-order chi connectivity index (χ1) is 12.9. The van der Waals surface area contributed by atoms with E-state index < -0.39 is 11.1 Å². The third kappa shape index (κ3) is 3.05. The number of rotatable bonds is 3. The number of piperidine rings is 1. The van der Waals surface area contributed by atoms with Gasteiger partial charge >= 0.3 is 0 Å². The lowest BCUT2D eigenvalue weighted by Gasteiger charge is -2.43. The number of hydrogen-bond donors (Lipinski definition) is 1. The zero-order chi connectivity index (χ0) is 19.1. The molecule has 1 aromatic carbocycles. The lowest BCUT2D eigenvalue weighted by molar-refractivity contribution is -0.147. The molecule has 2 heterocycles. The van der Waals surface area contributed by atoms with Gasteiger partial charge in [0.25, 0.3) is 0 Å². The fourth-order valence-electron chi connectivity index (χ4n) is 4.52. The Morgan fingerprint density at radius 1 is 1.04 bits per heavy atom. The molecule has 1 aromatic heterocycles. The molecule has 5 heteroatoms. The second-order valence-electron chi connectivity index (χ2n) is 8.09. The van der Waals surface area contributed by atoms with E-state index in [1.807, 2.05) is 49.3 Å². The van der Waals surface area contributed by atoms with Gasteiger partial charge in [0.15, 0.2) is 0 Å². The van der Waals surface area contributed by atoms with E-state index in [0.29, 0.717) is 31.6 Å². The van der Waals surface area contributed by atoms with Crippen LogP contribution in [-0.2, 0) is 23.2 Å². The van der Waals surface area contributed by atoms with E-state index in [1.54, 1.807) is 6.20 Å². The van der Waals surface area contributed by atoms with Gasteiger partial charge in [0, 0.05) is 32.1 Å². The van der Waals surface area contributed by atoms with Gasteiger partial charge in [-0.1, -0.05) is 30.3 Å². The summed E-state index contributed by atoms with van der Waals surface area (Å²) in [5.41, 5.74) is 1.77. The van der Waals surface area contributed by atoms with Gasteiger partial charge < -0.3 is 10.0 Å². The van der Waals surface area contributed by atoms with Crippen LogP contribution < -0.4 is 0 Å². The molecule has 1 aliphatic carbocycles. The zero-order valence-corrected chi connectivity index (χ0v) is 16.1. The van der Waals surface area contributed by atoms with Gasteiger partial charge in [-0.2, -0.15) is 0 Å². The molecule has 0 radical (unpaired) electrons. The van der Waals surface area contributed by atoms with E-state index in [9.17, 15) is 9.90 Å². The maximum atomic E-state index is 13.6. The van der Waals surface area contributed by atoms with Gasteiger partial charge in [0.1, 0.15) is 11.1 Å². The summed E-state index contributed by atoms with van der Waals surface area (Å²) < 4.78 is 0. The Kier molecular flexibility index (Phi) is 4.52. The minimum Gasteiger partial charge on any atom is -0.383 e. The first kappa shape index (κ1) is 18.1. The molecular weight excluding hydrogens is 338 g/mol. The fraction of sp³-hybridized carbons (Fsp3) is 0.455. The molecule has 1 N–H and O–H groups in total. The van der Waals surface area contributed by atoms with Crippen LogP contribution in [0.5, 0.6) is 0 Å². The topological polar surface area (TPSA) is 56.7 Å². The molecule has 1 aliphatic heterocycles. The Labute approximate surface area is 160 Å². The van der Waals surface area contributed by atoms with Gasteiger partial charge in [-0.3, -0.25) is 14.7 Å². The van der Waals surface area contributed by atoms with Gasteiger partial charge in [0.05, 0.1) is 5.69 Å². The van der Waals surface area contributed by atoms with E-state index in [1.165, 1.54) is 11.1 Å². The standard InChI is InChI=1S/C22H27N3O2/c1-24(2)21(15-17-7-3-4-8-18(17)16-21)20(26)25-13-10-22(27,11-14-25)19-9-5-6-12-23-19/h3-9,12,27H,10-11,13-16H2,1-2H3. The Hall–Kier alpha value is -2.24. The highest BCUT2D eigenvalue weighted by Crippen LogP contribution is 2.37. The highest BCUT2D eigenvalue weighted by molar-refractivity contribution is 5.88. The van der Waals surface area contributed by atoms with Gasteiger partial charge in [0.2, 0.25) is 5.91 Å². The van der Waals surface area contributed by atoms with Crippen LogP contribution in [0.2, 0.25) is 0 Å². The number of fused-ring (bicyclic) bond motifs is 1. The normalized spacial score (nSPS) is 20.5. The summed E-state index contributed by atoms with van der Waals surface area (Å²) in [6.07, 6.45) is 4.24. The zero-order valence-electron chi connectivity index (χ0n) is 16.1. The highest BCUT2D eigenvalue weighted by atomic mass is 16.3. The molecule has 4 rings (SSSR count). The van der Waals surface area contributed by atoms with Crippen LogP contribution >= 0.6 is 0 Å². The van der Waals surface area contributed by atoms with Crippen molar-refractivity contribution in [3.05, 3.63) is 65.5 Å². The molecular formula is C22H27N3O2.